The van der Waals surface area contributed by atoms with Gasteiger partial charge in [0, 0.05) is 39.5 Å². The molecule has 5 rings (SSSR count). The van der Waals surface area contributed by atoms with Crippen LogP contribution in [0.1, 0.15) is 131 Å². The molecule has 1 saturated heterocycles. The van der Waals surface area contributed by atoms with Crippen LogP contribution in [-0.4, -0.2) is 123 Å². The van der Waals surface area contributed by atoms with Crippen LogP contribution in [0.25, 0.3) is 0 Å². The van der Waals surface area contributed by atoms with Crippen LogP contribution in [0.5, 0.6) is 0 Å². The lowest BCUT2D eigenvalue weighted by Crippen LogP contribution is -2.64. The van der Waals surface area contributed by atoms with E-state index in [1.54, 1.807) is 0 Å². The first-order chi connectivity index (χ1) is 29.2. The monoisotopic (exact) mass is 864 g/mol. The van der Waals surface area contributed by atoms with E-state index in [1.165, 1.54) is 63.9 Å². The van der Waals surface area contributed by atoms with E-state index in [0.717, 1.165) is 54.8 Å². The van der Waals surface area contributed by atoms with Gasteiger partial charge >= 0.3 is 6.09 Å². The zero-order chi connectivity index (χ0) is 44.2. The molecule has 0 aromatic carbocycles. The number of rotatable bonds is 23. The molecule has 8 unspecified atom stereocenters. The minimum absolute atomic E-state index is 0.0827. The third kappa shape index (κ3) is 13.1. The van der Waals surface area contributed by atoms with Crippen LogP contribution in [0.4, 0.5) is 4.79 Å². The van der Waals surface area contributed by atoms with E-state index >= 15 is 0 Å². The summed E-state index contributed by atoms with van der Waals surface area (Å²) in [4.78, 5) is 36.5. The minimum atomic E-state index is -1.39. The smallest absolute Gasteiger partial charge is 0.407 e. The number of alkyl carbamates (subject to hydrolysis) is 1. The van der Waals surface area contributed by atoms with Gasteiger partial charge in [0.15, 0.2) is 6.29 Å². The van der Waals surface area contributed by atoms with E-state index in [0.29, 0.717) is 57.8 Å². The standard InChI is InChI=1S/C47H81N3O11/c1-30(2)10-7-11-31(3)36-15-16-37-35-14-13-33-28-34(17-19-46(33,5)38(35)18-20-47(36,37)6)60-45(56)49-22-25-58-27-26-57-23-9-21-48-40(53)12-8-24-59-44-41(50-32(4)52)43(55)42(54)39(29-51)61-44/h13,30-31,34-39,41-44,51,54-55H,7-12,14-29H2,1-6H3,(H,48,53)(H,49,56)(H,50,52)/t31-,34+,35?,36-,37?,38?,39?,41?,42?,43?,44?,46+,47-/m0/s1. The molecular formula is C47H81N3O11. The molecule has 14 heteroatoms. The zero-order valence-corrected chi connectivity index (χ0v) is 38.2. The maximum Gasteiger partial charge on any atom is 0.407 e. The predicted octanol–water partition coefficient (Wildman–Crippen LogP) is 5.40. The Morgan fingerprint density at radius 3 is 2.38 bits per heavy atom. The SMILES string of the molecule is CC(=O)NC1C(OCCCC(=O)NCCCOCCOCCNC(=O)O[C@@H]2CC[C@]3(C)C(=CCC4C3CC[C@]3(C)C4CC[C@H]3[C@@H](C)CCCC(C)C)C2)OC(CO)C(O)C1O. The van der Waals surface area contributed by atoms with Gasteiger partial charge in [-0.25, -0.2) is 4.79 Å². The fourth-order valence-corrected chi connectivity index (χ4v) is 12.0. The summed E-state index contributed by atoms with van der Waals surface area (Å²) in [7, 11) is 0. The second-order valence-electron chi connectivity index (χ2n) is 19.8. The van der Waals surface area contributed by atoms with Crippen molar-refractivity contribution in [2.24, 2.45) is 46.3 Å². The van der Waals surface area contributed by atoms with Gasteiger partial charge in [0.2, 0.25) is 11.8 Å². The Balaban J connectivity index is 0.876. The lowest BCUT2D eigenvalue weighted by molar-refractivity contribution is -0.270. The second-order valence-corrected chi connectivity index (χ2v) is 19.8. The molecule has 13 atom stereocenters. The van der Waals surface area contributed by atoms with Crippen molar-refractivity contribution < 1.29 is 53.4 Å². The third-order valence-corrected chi connectivity index (χ3v) is 15.3. The van der Waals surface area contributed by atoms with E-state index in [9.17, 15) is 29.7 Å². The minimum Gasteiger partial charge on any atom is -0.446 e. The Morgan fingerprint density at radius 1 is 0.869 bits per heavy atom. The molecule has 4 aliphatic carbocycles. The average Bonchev–Trinajstić information content (AvgIpc) is 3.58. The van der Waals surface area contributed by atoms with E-state index in [4.69, 9.17) is 23.7 Å². The lowest BCUT2D eigenvalue weighted by atomic mass is 9.47. The highest BCUT2D eigenvalue weighted by atomic mass is 16.7. The summed E-state index contributed by atoms with van der Waals surface area (Å²) in [6, 6.07) is -1.02. The van der Waals surface area contributed by atoms with Gasteiger partial charge in [-0.2, -0.15) is 0 Å². The number of aliphatic hydroxyl groups is 3. The summed E-state index contributed by atoms with van der Waals surface area (Å²) >= 11 is 0. The van der Waals surface area contributed by atoms with Crippen molar-refractivity contribution in [3.05, 3.63) is 11.6 Å². The van der Waals surface area contributed by atoms with Crippen LogP contribution in [-0.2, 0) is 33.3 Å². The number of amides is 3. The maximum atomic E-state index is 12.7. The van der Waals surface area contributed by atoms with Gasteiger partial charge in [0.05, 0.1) is 33.0 Å². The summed E-state index contributed by atoms with van der Waals surface area (Å²) in [6.45, 7) is 15.7. The molecule has 3 saturated carbocycles. The van der Waals surface area contributed by atoms with Gasteiger partial charge in [0.1, 0.15) is 30.5 Å². The van der Waals surface area contributed by atoms with Crippen LogP contribution in [0, 0.1) is 46.3 Å². The molecule has 0 spiro atoms. The van der Waals surface area contributed by atoms with Crippen molar-refractivity contribution in [3.8, 4) is 0 Å². The molecular weight excluding hydrogens is 783 g/mol. The Hall–Kier alpha value is -2.33. The zero-order valence-electron chi connectivity index (χ0n) is 38.2. The van der Waals surface area contributed by atoms with Gasteiger partial charge in [-0.3, -0.25) is 9.59 Å². The number of ether oxygens (including phenoxy) is 5. The van der Waals surface area contributed by atoms with Crippen LogP contribution in [0.2, 0.25) is 0 Å². The van der Waals surface area contributed by atoms with E-state index in [2.05, 4.69) is 56.6 Å². The van der Waals surface area contributed by atoms with Gasteiger partial charge in [0.25, 0.3) is 0 Å². The molecule has 1 aliphatic heterocycles. The summed E-state index contributed by atoms with van der Waals surface area (Å²) in [5.74, 6) is 4.28. The number of nitrogens with one attached hydrogen (secondary N) is 3. The molecule has 1 heterocycles. The van der Waals surface area contributed by atoms with Crippen molar-refractivity contribution >= 4 is 17.9 Å². The van der Waals surface area contributed by atoms with E-state index < -0.39 is 43.2 Å². The number of aliphatic hydroxyl groups excluding tert-OH is 3. The molecule has 0 aromatic rings. The molecule has 61 heavy (non-hydrogen) atoms. The number of carbonyl (C=O) groups excluding carboxylic acids is 3. The molecule has 6 N–H and O–H groups in total. The quantitative estimate of drug-likeness (QED) is 0.0569. The molecule has 350 valence electrons. The topological polar surface area (TPSA) is 194 Å². The molecule has 3 amide bonds. The number of allylic oxidation sites excluding steroid dienone is 1. The normalized spacial score (nSPS) is 35.0. The van der Waals surface area contributed by atoms with Crippen LogP contribution >= 0.6 is 0 Å². The number of hydrogen-bond donors (Lipinski definition) is 6. The number of carbonyl (C=O) groups is 3. The first-order valence-corrected chi connectivity index (χ1v) is 23.7. The number of hydrogen-bond acceptors (Lipinski definition) is 11. The third-order valence-electron chi connectivity index (χ3n) is 15.3. The largest absolute Gasteiger partial charge is 0.446 e. The Bertz CT molecular complexity index is 1430. The second kappa shape index (κ2) is 23.6. The van der Waals surface area contributed by atoms with Gasteiger partial charge in [-0.05, 0) is 104 Å². The highest BCUT2D eigenvalue weighted by Crippen LogP contribution is 2.67. The molecule has 5 aliphatic rings. The summed E-state index contributed by atoms with van der Waals surface area (Å²) < 4.78 is 28.3. The van der Waals surface area contributed by atoms with Gasteiger partial charge in [-0.15, -0.1) is 0 Å². The summed E-state index contributed by atoms with van der Waals surface area (Å²) in [5.41, 5.74) is 2.24. The molecule has 0 aromatic heterocycles. The Kier molecular flexibility index (Phi) is 19.2. The van der Waals surface area contributed by atoms with Crippen molar-refractivity contribution in [2.45, 2.75) is 168 Å². The summed E-state index contributed by atoms with van der Waals surface area (Å²) in [5, 5.41) is 38.1. The average molecular weight is 864 g/mol. The van der Waals surface area contributed by atoms with Crippen molar-refractivity contribution in [1.82, 2.24) is 16.0 Å². The highest BCUT2D eigenvalue weighted by Gasteiger charge is 2.59. The molecule has 14 nitrogen and oxygen atoms in total. The van der Waals surface area contributed by atoms with Crippen LogP contribution < -0.4 is 16.0 Å². The fraction of sp³-hybridized carbons (Fsp3) is 0.894. The predicted molar refractivity (Wildman–Crippen MR) is 231 cm³/mol. The first kappa shape index (κ1) is 49.7. The first-order valence-electron chi connectivity index (χ1n) is 23.7. The Labute approximate surface area is 365 Å². The Morgan fingerprint density at radius 2 is 1.64 bits per heavy atom. The molecule has 0 bridgehead atoms. The van der Waals surface area contributed by atoms with Gasteiger partial charge in [-0.1, -0.05) is 65.5 Å². The van der Waals surface area contributed by atoms with Gasteiger partial charge < -0.3 is 55.0 Å². The van der Waals surface area contributed by atoms with Crippen molar-refractivity contribution in [3.63, 3.8) is 0 Å². The van der Waals surface area contributed by atoms with Crippen LogP contribution in [0.15, 0.2) is 11.6 Å². The summed E-state index contributed by atoms with van der Waals surface area (Å²) in [6.07, 6.45) is 12.0. The maximum absolute atomic E-state index is 12.7. The van der Waals surface area contributed by atoms with E-state index in [1.807, 2.05) is 0 Å². The highest BCUT2D eigenvalue weighted by molar-refractivity contribution is 5.75. The fourth-order valence-electron chi connectivity index (χ4n) is 12.0. The lowest BCUT2D eigenvalue weighted by Gasteiger charge is -2.58. The van der Waals surface area contributed by atoms with Crippen LogP contribution in [0.3, 0.4) is 0 Å². The van der Waals surface area contributed by atoms with E-state index in [-0.39, 0.29) is 36.5 Å². The van der Waals surface area contributed by atoms with Crippen molar-refractivity contribution in [2.75, 3.05) is 52.7 Å². The molecule has 0 radical (unpaired) electrons. The number of fused-ring (bicyclic) bond motifs is 5. The van der Waals surface area contributed by atoms with Crippen molar-refractivity contribution in [1.29, 1.82) is 0 Å². The molecule has 4 fully saturated rings.